The molecule has 220 valence electrons. The van der Waals surface area contributed by atoms with E-state index >= 15 is 0 Å². The van der Waals surface area contributed by atoms with Crippen LogP contribution in [0.15, 0.2) is 60.7 Å². The summed E-state index contributed by atoms with van der Waals surface area (Å²) in [5, 5.41) is 11.8. The molecule has 42 heavy (non-hydrogen) atoms. The van der Waals surface area contributed by atoms with E-state index in [-0.39, 0.29) is 36.0 Å². The van der Waals surface area contributed by atoms with Gasteiger partial charge in [-0.15, -0.1) is 0 Å². The minimum atomic E-state index is -1.12. The maximum Gasteiger partial charge on any atom is 0.409 e. The zero-order valence-corrected chi connectivity index (χ0v) is 24.4. The second-order valence-corrected chi connectivity index (χ2v) is 10.9. The summed E-state index contributed by atoms with van der Waals surface area (Å²) in [6.07, 6.45) is -1.12. The molecule has 2 N–H and O–H groups in total. The molecule has 3 aromatic carbocycles. The highest BCUT2D eigenvalue weighted by molar-refractivity contribution is 6.42. The Kier molecular flexibility index (Phi) is 9.18. The third-order valence-corrected chi connectivity index (χ3v) is 8.12. The minimum absolute atomic E-state index is 0.182. The zero-order valence-electron chi connectivity index (χ0n) is 22.9. The monoisotopic (exact) mass is 612 g/mol. The number of hydrogen-bond donors (Lipinski definition) is 2. The van der Waals surface area contributed by atoms with E-state index in [9.17, 15) is 14.4 Å². The van der Waals surface area contributed by atoms with Gasteiger partial charge in [0.1, 0.15) is 12.3 Å². The van der Waals surface area contributed by atoms with E-state index in [4.69, 9.17) is 37.8 Å². The molecular formula is C30H30Cl2N4O6. The molecule has 2 aliphatic rings. The number of ether oxygens (including phenoxy) is 2. The molecule has 1 atom stereocenters. The molecule has 0 bridgehead atoms. The number of fused-ring (bicyclic) bond motifs is 1. The topological polar surface area (TPSA) is 112 Å². The van der Waals surface area contributed by atoms with Gasteiger partial charge < -0.3 is 19.5 Å². The van der Waals surface area contributed by atoms with Crippen LogP contribution in [0.25, 0.3) is 11.1 Å². The van der Waals surface area contributed by atoms with Gasteiger partial charge in [0.25, 0.3) is 5.91 Å². The van der Waals surface area contributed by atoms with E-state index in [1.54, 1.807) is 30.1 Å². The van der Waals surface area contributed by atoms with Gasteiger partial charge in [-0.05, 0) is 34.9 Å². The SMILES string of the molecule is CN(C(=O)CN1C(=O)COc2cc(Cl)c(Cl)cc21)C(CN1CCOCC1)c1ccc(-c2ccc(NC(=O)O)cc2)cc1. The first kappa shape index (κ1) is 29.7. The van der Waals surface area contributed by atoms with E-state index in [2.05, 4.69) is 10.2 Å². The Hall–Kier alpha value is -3.83. The number of likely N-dealkylation sites (N-methyl/N-ethyl adjacent to an activating group) is 1. The Balaban J connectivity index is 1.37. The van der Waals surface area contributed by atoms with Crippen molar-refractivity contribution in [3.63, 3.8) is 0 Å². The van der Waals surface area contributed by atoms with E-state index in [1.165, 1.54) is 11.0 Å². The molecule has 0 aromatic heterocycles. The molecule has 5 rings (SSSR count). The van der Waals surface area contributed by atoms with Crippen molar-refractivity contribution >= 4 is 52.5 Å². The average Bonchev–Trinajstić information content (AvgIpc) is 2.99. The van der Waals surface area contributed by atoms with Crippen LogP contribution in [0.2, 0.25) is 10.0 Å². The lowest BCUT2D eigenvalue weighted by molar-refractivity contribution is -0.133. The molecule has 0 saturated carbocycles. The molecule has 1 saturated heterocycles. The van der Waals surface area contributed by atoms with Gasteiger partial charge in [-0.2, -0.15) is 0 Å². The average molecular weight is 613 g/mol. The van der Waals surface area contributed by atoms with Gasteiger partial charge in [0.05, 0.1) is 35.0 Å². The van der Waals surface area contributed by atoms with Crippen molar-refractivity contribution in [2.75, 3.05) is 63.3 Å². The fourth-order valence-corrected chi connectivity index (χ4v) is 5.35. The highest BCUT2D eigenvalue weighted by atomic mass is 35.5. The summed E-state index contributed by atoms with van der Waals surface area (Å²) < 4.78 is 11.0. The predicted octanol–water partition coefficient (Wildman–Crippen LogP) is 5.01. The van der Waals surface area contributed by atoms with Gasteiger partial charge in [0.2, 0.25) is 5.91 Å². The molecule has 0 radical (unpaired) electrons. The van der Waals surface area contributed by atoms with Gasteiger partial charge in [0.15, 0.2) is 6.61 Å². The number of halogens is 2. The molecule has 3 amide bonds. The van der Waals surface area contributed by atoms with Crippen LogP contribution in [0.4, 0.5) is 16.2 Å². The Bertz CT molecular complexity index is 1460. The molecule has 10 nitrogen and oxygen atoms in total. The Labute approximate surface area is 253 Å². The van der Waals surface area contributed by atoms with Gasteiger partial charge in [-0.25, -0.2) is 4.79 Å². The van der Waals surface area contributed by atoms with Crippen molar-refractivity contribution in [2.45, 2.75) is 6.04 Å². The van der Waals surface area contributed by atoms with Gasteiger partial charge >= 0.3 is 6.09 Å². The van der Waals surface area contributed by atoms with Crippen molar-refractivity contribution in [2.24, 2.45) is 0 Å². The molecular weight excluding hydrogens is 583 g/mol. The normalized spacial score (nSPS) is 15.9. The number of nitrogens with one attached hydrogen (secondary N) is 1. The lowest BCUT2D eigenvalue weighted by Gasteiger charge is -2.37. The summed E-state index contributed by atoms with van der Waals surface area (Å²) in [4.78, 5) is 42.7. The number of carbonyl (C=O) groups is 3. The Morgan fingerprint density at radius 2 is 1.62 bits per heavy atom. The summed E-state index contributed by atoms with van der Waals surface area (Å²) in [6, 6.07) is 17.8. The van der Waals surface area contributed by atoms with Crippen molar-refractivity contribution in [1.29, 1.82) is 0 Å². The Morgan fingerprint density at radius 3 is 2.26 bits per heavy atom. The molecule has 0 spiro atoms. The fraction of sp³-hybridized carbons (Fsp3) is 0.300. The third kappa shape index (κ3) is 6.79. The van der Waals surface area contributed by atoms with E-state index in [1.807, 2.05) is 36.4 Å². The molecule has 2 aliphatic heterocycles. The maximum atomic E-state index is 13.7. The summed E-state index contributed by atoms with van der Waals surface area (Å²) in [5.41, 5.74) is 3.70. The number of hydrogen-bond acceptors (Lipinski definition) is 6. The van der Waals surface area contributed by atoms with E-state index in [0.29, 0.717) is 41.9 Å². The largest absolute Gasteiger partial charge is 0.482 e. The van der Waals surface area contributed by atoms with Crippen LogP contribution < -0.4 is 15.0 Å². The lowest BCUT2D eigenvalue weighted by atomic mass is 9.99. The first-order chi connectivity index (χ1) is 20.2. The number of rotatable bonds is 8. The van der Waals surface area contributed by atoms with Gasteiger partial charge in [0, 0.05) is 38.4 Å². The van der Waals surface area contributed by atoms with Gasteiger partial charge in [-0.3, -0.25) is 24.7 Å². The standard InChI is InChI=1S/C30H30Cl2N4O6/c1-34(28(37)17-36-25-14-23(31)24(32)15-27(25)42-18-29(36)38)26(16-35-10-12-41-13-11-35)21-4-2-19(3-5-21)20-6-8-22(9-7-20)33-30(39)40/h2-9,14-15,26,33H,10-13,16-18H2,1H3,(H,39,40). The van der Waals surface area contributed by atoms with Gasteiger partial charge in [-0.1, -0.05) is 59.6 Å². The van der Waals surface area contributed by atoms with Crippen LogP contribution in [0.3, 0.4) is 0 Å². The highest BCUT2D eigenvalue weighted by Crippen LogP contribution is 2.39. The summed E-state index contributed by atoms with van der Waals surface area (Å²) >= 11 is 12.4. The van der Waals surface area contributed by atoms with Crippen LogP contribution in [0.5, 0.6) is 5.75 Å². The smallest absolute Gasteiger partial charge is 0.409 e. The van der Waals surface area contributed by atoms with Crippen molar-refractivity contribution in [3.8, 4) is 16.9 Å². The number of carbonyl (C=O) groups excluding carboxylic acids is 2. The predicted molar refractivity (Wildman–Crippen MR) is 161 cm³/mol. The van der Waals surface area contributed by atoms with Crippen LogP contribution in [-0.4, -0.2) is 85.9 Å². The van der Waals surface area contributed by atoms with Crippen LogP contribution in [0, 0.1) is 0 Å². The number of carboxylic acid groups (broad SMARTS) is 1. The number of nitrogens with zero attached hydrogens (tertiary/aromatic N) is 3. The number of morpholine rings is 1. The molecule has 1 fully saturated rings. The van der Waals surface area contributed by atoms with Crippen LogP contribution >= 0.6 is 23.2 Å². The van der Waals surface area contributed by atoms with E-state index < -0.39 is 6.09 Å². The van der Waals surface area contributed by atoms with E-state index in [0.717, 1.165) is 29.8 Å². The minimum Gasteiger partial charge on any atom is -0.482 e. The lowest BCUT2D eigenvalue weighted by Crippen LogP contribution is -2.48. The number of amides is 3. The second kappa shape index (κ2) is 13.0. The molecule has 2 heterocycles. The summed E-state index contributed by atoms with van der Waals surface area (Å²) in [6.45, 7) is 2.96. The Morgan fingerprint density at radius 1 is 1.00 bits per heavy atom. The maximum absolute atomic E-state index is 13.7. The van der Waals surface area contributed by atoms with Crippen molar-refractivity contribution in [1.82, 2.24) is 9.80 Å². The molecule has 12 heteroatoms. The quantitative estimate of drug-likeness (QED) is 0.368. The summed E-state index contributed by atoms with van der Waals surface area (Å²) in [7, 11) is 1.75. The summed E-state index contributed by atoms with van der Waals surface area (Å²) in [5.74, 6) is -0.195. The van der Waals surface area contributed by atoms with Crippen LogP contribution in [-0.2, 0) is 14.3 Å². The molecule has 3 aromatic rings. The first-order valence-corrected chi connectivity index (χ1v) is 14.1. The fourth-order valence-electron chi connectivity index (χ4n) is 5.04. The molecule has 1 unspecified atom stereocenters. The second-order valence-electron chi connectivity index (χ2n) is 10.1. The van der Waals surface area contributed by atoms with Crippen molar-refractivity contribution < 1.29 is 29.0 Å². The number of anilines is 2. The van der Waals surface area contributed by atoms with Crippen molar-refractivity contribution in [3.05, 3.63) is 76.3 Å². The third-order valence-electron chi connectivity index (χ3n) is 7.40. The first-order valence-electron chi connectivity index (χ1n) is 13.4. The molecule has 0 aliphatic carbocycles. The highest BCUT2D eigenvalue weighted by Gasteiger charge is 2.32. The van der Waals surface area contributed by atoms with Crippen LogP contribution in [0.1, 0.15) is 11.6 Å². The number of benzene rings is 3. The zero-order chi connectivity index (χ0) is 29.8.